The van der Waals surface area contributed by atoms with E-state index in [0.717, 1.165) is 5.56 Å². The molecule has 0 saturated heterocycles. The number of rotatable bonds is 6. The smallest absolute Gasteiger partial charge is 0.305 e. The third-order valence-corrected chi connectivity index (χ3v) is 2.39. The second-order valence-electron chi connectivity index (χ2n) is 4.59. The topological polar surface area (TPSA) is 75.6 Å². The Morgan fingerprint density at radius 2 is 2.05 bits per heavy atom. The predicted octanol–water partition coefficient (Wildman–Crippen LogP) is 2.13. The van der Waals surface area contributed by atoms with Gasteiger partial charge in [-0.1, -0.05) is 12.1 Å². The van der Waals surface area contributed by atoms with Crippen molar-refractivity contribution in [1.82, 2.24) is 5.32 Å². The molecule has 2 N–H and O–H groups in total. The minimum absolute atomic E-state index is 0.0361. The highest BCUT2D eigenvalue weighted by atomic mass is 16.5. The summed E-state index contributed by atoms with van der Waals surface area (Å²) >= 11 is 0. The van der Waals surface area contributed by atoms with E-state index in [9.17, 15) is 9.59 Å². The van der Waals surface area contributed by atoms with E-state index in [4.69, 9.17) is 9.84 Å². The largest absolute Gasteiger partial charge is 0.491 e. The van der Waals surface area contributed by atoms with Crippen LogP contribution in [0.15, 0.2) is 24.3 Å². The maximum Gasteiger partial charge on any atom is 0.305 e. The molecule has 104 valence electrons. The van der Waals surface area contributed by atoms with E-state index in [-0.39, 0.29) is 18.4 Å². The molecular weight excluding hydrogens is 246 g/mol. The molecule has 5 nitrogen and oxygen atoms in total. The minimum Gasteiger partial charge on any atom is -0.491 e. The number of nitrogens with one attached hydrogen (secondary N) is 1. The molecular formula is C14H19NO4. The summed E-state index contributed by atoms with van der Waals surface area (Å²) in [6.45, 7) is 5.19. The lowest BCUT2D eigenvalue weighted by Gasteiger charge is -2.18. The van der Waals surface area contributed by atoms with E-state index >= 15 is 0 Å². The summed E-state index contributed by atoms with van der Waals surface area (Å²) < 4.78 is 5.55. The van der Waals surface area contributed by atoms with E-state index in [1.807, 2.05) is 13.8 Å². The Hall–Kier alpha value is -2.04. The highest BCUT2D eigenvalue weighted by Crippen LogP contribution is 2.22. The van der Waals surface area contributed by atoms with Crippen molar-refractivity contribution in [2.75, 3.05) is 0 Å². The lowest BCUT2D eigenvalue weighted by molar-refractivity contribution is -0.137. The third-order valence-electron chi connectivity index (χ3n) is 2.39. The van der Waals surface area contributed by atoms with Gasteiger partial charge >= 0.3 is 5.97 Å². The Morgan fingerprint density at radius 3 is 2.58 bits per heavy atom. The third kappa shape index (κ3) is 5.42. The number of ether oxygens (including phenoxy) is 1. The van der Waals surface area contributed by atoms with Gasteiger partial charge in [0.05, 0.1) is 18.6 Å². The molecule has 0 radical (unpaired) electrons. The molecule has 1 amide bonds. The van der Waals surface area contributed by atoms with Crippen LogP contribution < -0.4 is 10.1 Å². The Balaban J connectivity index is 2.94. The van der Waals surface area contributed by atoms with Crippen LogP contribution in [0.2, 0.25) is 0 Å². The number of aliphatic carboxylic acids is 1. The van der Waals surface area contributed by atoms with E-state index < -0.39 is 12.0 Å². The van der Waals surface area contributed by atoms with Crippen molar-refractivity contribution in [2.45, 2.75) is 39.3 Å². The predicted molar refractivity (Wildman–Crippen MR) is 71.0 cm³/mol. The van der Waals surface area contributed by atoms with Crippen LogP contribution in [0.3, 0.4) is 0 Å². The molecule has 19 heavy (non-hydrogen) atoms. The van der Waals surface area contributed by atoms with Gasteiger partial charge in [-0.15, -0.1) is 0 Å². The van der Waals surface area contributed by atoms with Crippen molar-refractivity contribution in [3.63, 3.8) is 0 Å². The molecule has 0 fully saturated rings. The maximum atomic E-state index is 11.1. The van der Waals surface area contributed by atoms with Gasteiger partial charge in [0, 0.05) is 6.92 Å². The van der Waals surface area contributed by atoms with E-state index in [1.54, 1.807) is 24.3 Å². The van der Waals surface area contributed by atoms with Crippen molar-refractivity contribution in [3.05, 3.63) is 29.8 Å². The monoisotopic (exact) mass is 265 g/mol. The first-order valence-corrected chi connectivity index (χ1v) is 6.14. The number of carbonyl (C=O) groups is 2. The van der Waals surface area contributed by atoms with Gasteiger partial charge in [0.2, 0.25) is 5.91 Å². The normalized spacial score (nSPS) is 12.0. The summed E-state index contributed by atoms with van der Waals surface area (Å²) in [7, 11) is 0. The van der Waals surface area contributed by atoms with E-state index in [1.165, 1.54) is 6.92 Å². The molecule has 0 heterocycles. The average molecular weight is 265 g/mol. The van der Waals surface area contributed by atoms with E-state index in [2.05, 4.69) is 5.32 Å². The molecule has 0 unspecified atom stereocenters. The number of carboxylic acid groups (broad SMARTS) is 1. The SMILES string of the molecule is CC(=O)N[C@H](CC(=O)O)c1cccc(OC(C)C)c1. The lowest BCUT2D eigenvalue weighted by atomic mass is 10.0. The summed E-state index contributed by atoms with van der Waals surface area (Å²) in [4.78, 5) is 22.0. The van der Waals surface area contributed by atoms with Gasteiger partial charge in [0.25, 0.3) is 0 Å². The molecule has 0 saturated carbocycles. The Kier molecular flexibility index (Phi) is 5.36. The van der Waals surface area contributed by atoms with Crippen LogP contribution in [-0.4, -0.2) is 23.1 Å². The van der Waals surface area contributed by atoms with Crippen molar-refractivity contribution in [2.24, 2.45) is 0 Å². The molecule has 1 aromatic rings. The zero-order valence-corrected chi connectivity index (χ0v) is 11.3. The summed E-state index contributed by atoms with van der Waals surface area (Å²) in [5.41, 5.74) is 0.718. The van der Waals surface area contributed by atoms with Crippen LogP contribution in [0.4, 0.5) is 0 Å². The fourth-order valence-electron chi connectivity index (χ4n) is 1.75. The van der Waals surface area contributed by atoms with Gasteiger partial charge in [-0.3, -0.25) is 9.59 Å². The second-order valence-corrected chi connectivity index (χ2v) is 4.59. The zero-order valence-electron chi connectivity index (χ0n) is 11.3. The number of carbonyl (C=O) groups excluding carboxylic acids is 1. The molecule has 1 aromatic carbocycles. The Bertz CT molecular complexity index is 441. The summed E-state index contributed by atoms with van der Waals surface area (Å²) in [6.07, 6.45) is -0.126. The molecule has 0 aliphatic carbocycles. The Morgan fingerprint density at radius 1 is 1.37 bits per heavy atom. The molecule has 0 aliphatic heterocycles. The average Bonchev–Trinajstić information content (AvgIpc) is 2.26. The molecule has 5 heteroatoms. The highest BCUT2D eigenvalue weighted by Gasteiger charge is 2.17. The Labute approximate surface area is 112 Å². The number of hydrogen-bond donors (Lipinski definition) is 2. The van der Waals surface area contributed by atoms with Crippen LogP contribution in [-0.2, 0) is 9.59 Å². The number of hydrogen-bond acceptors (Lipinski definition) is 3. The van der Waals surface area contributed by atoms with Crippen LogP contribution in [0.25, 0.3) is 0 Å². The van der Waals surface area contributed by atoms with Crippen molar-refractivity contribution in [1.29, 1.82) is 0 Å². The number of amides is 1. The van der Waals surface area contributed by atoms with Gasteiger partial charge in [-0.2, -0.15) is 0 Å². The van der Waals surface area contributed by atoms with Gasteiger partial charge in [-0.05, 0) is 31.5 Å². The van der Waals surface area contributed by atoms with Crippen LogP contribution in [0.5, 0.6) is 5.75 Å². The first kappa shape index (κ1) is 15.0. The number of benzene rings is 1. The lowest BCUT2D eigenvalue weighted by Crippen LogP contribution is -2.28. The first-order valence-electron chi connectivity index (χ1n) is 6.14. The standard InChI is InChI=1S/C14H19NO4/c1-9(2)19-12-6-4-5-11(7-12)13(8-14(17)18)15-10(3)16/h4-7,9,13H,8H2,1-3H3,(H,15,16)(H,17,18)/t13-/m1/s1. The molecule has 1 rings (SSSR count). The fraction of sp³-hybridized carbons (Fsp3) is 0.429. The van der Waals surface area contributed by atoms with Gasteiger partial charge in [0.1, 0.15) is 5.75 Å². The van der Waals surface area contributed by atoms with E-state index in [0.29, 0.717) is 5.75 Å². The highest BCUT2D eigenvalue weighted by molar-refractivity contribution is 5.75. The summed E-state index contributed by atoms with van der Waals surface area (Å²) in [5.74, 6) is -0.566. The zero-order chi connectivity index (χ0) is 14.4. The van der Waals surface area contributed by atoms with Crippen molar-refractivity contribution in [3.8, 4) is 5.75 Å². The molecule has 0 aliphatic rings. The molecule has 1 atom stereocenters. The number of carboxylic acids is 1. The van der Waals surface area contributed by atoms with Gasteiger partial charge in [0.15, 0.2) is 0 Å². The summed E-state index contributed by atoms with van der Waals surface area (Å²) in [5, 5.41) is 11.5. The van der Waals surface area contributed by atoms with Crippen LogP contribution in [0, 0.1) is 0 Å². The minimum atomic E-state index is -0.964. The van der Waals surface area contributed by atoms with Crippen molar-refractivity contribution >= 4 is 11.9 Å². The fourth-order valence-corrected chi connectivity index (χ4v) is 1.75. The maximum absolute atomic E-state index is 11.1. The quantitative estimate of drug-likeness (QED) is 0.826. The summed E-state index contributed by atoms with van der Waals surface area (Å²) in [6, 6.07) is 6.56. The molecule has 0 aromatic heterocycles. The first-order chi connectivity index (χ1) is 8.88. The van der Waals surface area contributed by atoms with Gasteiger partial charge in [-0.25, -0.2) is 0 Å². The molecule has 0 bridgehead atoms. The van der Waals surface area contributed by atoms with Gasteiger partial charge < -0.3 is 15.2 Å². The van der Waals surface area contributed by atoms with Crippen molar-refractivity contribution < 1.29 is 19.4 Å². The van der Waals surface area contributed by atoms with Crippen LogP contribution in [0.1, 0.15) is 38.8 Å². The molecule has 0 spiro atoms. The van der Waals surface area contributed by atoms with Crippen LogP contribution >= 0.6 is 0 Å². The second kappa shape index (κ2) is 6.78.